The predicted molar refractivity (Wildman–Crippen MR) is 54.1 cm³/mol. The molecule has 0 aromatic rings. The first kappa shape index (κ1) is 9.45. The third-order valence-electron chi connectivity index (χ3n) is 2.82. The first-order chi connectivity index (χ1) is 6.64. The summed E-state index contributed by atoms with van der Waals surface area (Å²) in [5.41, 5.74) is -0.481. The lowest BCUT2D eigenvalue weighted by atomic mass is 9.89. The van der Waals surface area contributed by atoms with Gasteiger partial charge in [-0.3, -0.25) is 10.1 Å². The molecule has 2 aliphatic rings. The van der Waals surface area contributed by atoms with Crippen LogP contribution in [0, 0.1) is 0 Å². The van der Waals surface area contributed by atoms with Crippen molar-refractivity contribution in [2.24, 2.45) is 4.99 Å². The Kier molecular flexibility index (Phi) is 2.19. The number of carbonyl (C=O) groups excluding carboxylic acids is 1. The molecule has 0 aromatic heterocycles. The Hall–Kier alpha value is -1.10. The summed E-state index contributed by atoms with van der Waals surface area (Å²) in [5.74, 6) is 0.750. The summed E-state index contributed by atoms with van der Waals surface area (Å²) in [6, 6.07) is 0. The SMILES string of the molecule is CN(C)C1=NC2(CCNCC2)C(=O)N1. The highest BCUT2D eigenvalue weighted by molar-refractivity contribution is 6.07. The molecule has 1 saturated heterocycles. The van der Waals surface area contributed by atoms with Crippen molar-refractivity contribution in [1.29, 1.82) is 0 Å². The van der Waals surface area contributed by atoms with E-state index in [-0.39, 0.29) is 5.91 Å². The summed E-state index contributed by atoms with van der Waals surface area (Å²) >= 11 is 0. The number of nitrogens with one attached hydrogen (secondary N) is 2. The molecule has 0 bridgehead atoms. The maximum absolute atomic E-state index is 11.8. The van der Waals surface area contributed by atoms with E-state index in [1.165, 1.54) is 0 Å². The molecule has 1 amide bonds. The summed E-state index contributed by atoms with van der Waals surface area (Å²) in [6.45, 7) is 1.75. The molecule has 5 nitrogen and oxygen atoms in total. The average molecular weight is 196 g/mol. The quantitative estimate of drug-likeness (QED) is 0.531. The number of guanidine groups is 1. The number of carbonyl (C=O) groups is 1. The van der Waals surface area contributed by atoms with E-state index >= 15 is 0 Å². The number of nitrogens with zero attached hydrogens (tertiary/aromatic N) is 2. The number of amides is 1. The van der Waals surface area contributed by atoms with E-state index in [1.54, 1.807) is 0 Å². The Balaban J connectivity index is 2.21. The third-order valence-corrected chi connectivity index (χ3v) is 2.82. The fraction of sp³-hybridized carbons (Fsp3) is 0.778. The van der Waals surface area contributed by atoms with Gasteiger partial charge in [0.25, 0.3) is 5.91 Å². The van der Waals surface area contributed by atoms with E-state index < -0.39 is 5.54 Å². The van der Waals surface area contributed by atoms with Gasteiger partial charge < -0.3 is 10.2 Å². The van der Waals surface area contributed by atoms with E-state index in [2.05, 4.69) is 15.6 Å². The van der Waals surface area contributed by atoms with Gasteiger partial charge in [-0.05, 0) is 25.9 Å². The Morgan fingerprint density at radius 1 is 1.36 bits per heavy atom. The molecular formula is C9H16N4O. The van der Waals surface area contributed by atoms with Crippen molar-refractivity contribution in [3.8, 4) is 0 Å². The second-order valence-corrected chi connectivity index (χ2v) is 4.07. The van der Waals surface area contributed by atoms with E-state index in [0.717, 1.165) is 25.9 Å². The zero-order valence-electron chi connectivity index (χ0n) is 8.63. The molecule has 2 heterocycles. The van der Waals surface area contributed by atoms with Crippen LogP contribution in [-0.4, -0.2) is 49.5 Å². The van der Waals surface area contributed by atoms with Crippen LogP contribution >= 0.6 is 0 Å². The lowest BCUT2D eigenvalue weighted by Gasteiger charge is -2.27. The van der Waals surface area contributed by atoms with Gasteiger partial charge in [0.05, 0.1) is 0 Å². The normalized spacial score (nSPS) is 24.7. The molecule has 5 heteroatoms. The molecule has 0 aromatic carbocycles. The van der Waals surface area contributed by atoms with Crippen molar-refractivity contribution < 1.29 is 4.79 Å². The third kappa shape index (κ3) is 1.37. The molecule has 1 spiro atoms. The Bertz CT molecular complexity index is 279. The molecule has 2 N–H and O–H groups in total. The van der Waals surface area contributed by atoms with Gasteiger partial charge in [-0.2, -0.15) is 0 Å². The highest BCUT2D eigenvalue weighted by atomic mass is 16.2. The topological polar surface area (TPSA) is 56.7 Å². The highest BCUT2D eigenvalue weighted by Gasteiger charge is 2.44. The van der Waals surface area contributed by atoms with E-state index in [1.807, 2.05) is 19.0 Å². The minimum absolute atomic E-state index is 0.0581. The van der Waals surface area contributed by atoms with E-state index in [9.17, 15) is 4.79 Å². The predicted octanol–water partition coefficient (Wildman–Crippen LogP) is -0.844. The van der Waals surface area contributed by atoms with Crippen molar-refractivity contribution in [2.75, 3.05) is 27.2 Å². The average Bonchev–Trinajstić information content (AvgIpc) is 2.46. The number of rotatable bonds is 0. The second-order valence-electron chi connectivity index (χ2n) is 4.07. The maximum atomic E-state index is 11.8. The zero-order chi connectivity index (χ0) is 10.2. The van der Waals surface area contributed by atoms with Gasteiger partial charge in [-0.1, -0.05) is 0 Å². The Morgan fingerprint density at radius 3 is 2.50 bits per heavy atom. The number of aliphatic imine (C=N–C) groups is 1. The molecular weight excluding hydrogens is 180 g/mol. The van der Waals surface area contributed by atoms with E-state index in [4.69, 9.17) is 0 Å². The van der Waals surface area contributed by atoms with Crippen molar-refractivity contribution >= 4 is 11.9 Å². The van der Waals surface area contributed by atoms with Crippen LogP contribution in [0.3, 0.4) is 0 Å². The monoisotopic (exact) mass is 196 g/mol. The van der Waals surface area contributed by atoms with Crippen LogP contribution < -0.4 is 10.6 Å². The van der Waals surface area contributed by atoms with Crippen LogP contribution in [0.5, 0.6) is 0 Å². The molecule has 0 atom stereocenters. The summed E-state index contributed by atoms with van der Waals surface area (Å²) < 4.78 is 0. The number of hydrogen-bond acceptors (Lipinski definition) is 4. The maximum Gasteiger partial charge on any atom is 0.254 e. The molecule has 2 rings (SSSR count). The molecule has 14 heavy (non-hydrogen) atoms. The van der Waals surface area contributed by atoms with Gasteiger partial charge in [0, 0.05) is 14.1 Å². The molecule has 0 saturated carbocycles. The van der Waals surface area contributed by atoms with Crippen LogP contribution in [0.25, 0.3) is 0 Å². The molecule has 0 aliphatic carbocycles. The van der Waals surface area contributed by atoms with Gasteiger partial charge in [0.2, 0.25) is 5.96 Å². The highest BCUT2D eigenvalue weighted by Crippen LogP contribution is 2.27. The molecule has 1 fully saturated rings. The first-order valence-electron chi connectivity index (χ1n) is 4.93. The van der Waals surface area contributed by atoms with Crippen LogP contribution in [-0.2, 0) is 4.79 Å². The summed E-state index contributed by atoms with van der Waals surface area (Å²) in [5, 5.41) is 6.06. The minimum atomic E-state index is -0.481. The first-order valence-corrected chi connectivity index (χ1v) is 4.93. The summed E-state index contributed by atoms with van der Waals surface area (Å²) in [6.07, 6.45) is 1.60. The standard InChI is InChI=1S/C9H16N4O/c1-13(2)8-11-7(14)9(12-8)3-5-10-6-4-9/h10H,3-6H2,1-2H3,(H,11,12,14). The van der Waals surface area contributed by atoms with Gasteiger partial charge in [0.15, 0.2) is 0 Å². The van der Waals surface area contributed by atoms with Crippen molar-refractivity contribution in [3.63, 3.8) is 0 Å². The number of piperidine rings is 1. The minimum Gasteiger partial charge on any atom is -0.349 e. The largest absolute Gasteiger partial charge is 0.349 e. The Labute approximate surface area is 83.6 Å². The van der Waals surface area contributed by atoms with Gasteiger partial charge in [-0.15, -0.1) is 0 Å². The van der Waals surface area contributed by atoms with Crippen molar-refractivity contribution in [1.82, 2.24) is 15.5 Å². The summed E-state index contributed by atoms with van der Waals surface area (Å²) in [7, 11) is 3.78. The zero-order valence-corrected chi connectivity index (χ0v) is 8.63. The number of hydrogen-bond donors (Lipinski definition) is 2. The molecule has 0 unspecified atom stereocenters. The molecule has 78 valence electrons. The molecule has 0 radical (unpaired) electrons. The summed E-state index contributed by atoms with van der Waals surface area (Å²) in [4.78, 5) is 18.1. The van der Waals surface area contributed by atoms with Crippen molar-refractivity contribution in [2.45, 2.75) is 18.4 Å². The fourth-order valence-corrected chi connectivity index (χ4v) is 1.89. The van der Waals surface area contributed by atoms with Crippen molar-refractivity contribution in [3.05, 3.63) is 0 Å². The van der Waals surface area contributed by atoms with Crippen LogP contribution in [0.2, 0.25) is 0 Å². The van der Waals surface area contributed by atoms with Gasteiger partial charge in [0.1, 0.15) is 5.54 Å². The Morgan fingerprint density at radius 2 is 2.00 bits per heavy atom. The lowest BCUT2D eigenvalue weighted by Crippen LogP contribution is -2.47. The second kappa shape index (κ2) is 3.24. The van der Waals surface area contributed by atoms with Crippen LogP contribution in [0.15, 0.2) is 4.99 Å². The van der Waals surface area contributed by atoms with Gasteiger partial charge in [-0.25, -0.2) is 4.99 Å². The lowest BCUT2D eigenvalue weighted by molar-refractivity contribution is -0.124. The van der Waals surface area contributed by atoms with E-state index in [0.29, 0.717) is 5.96 Å². The van der Waals surface area contributed by atoms with Crippen LogP contribution in [0.4, 0.5) is 0 Å². The molecule has 2 aliphatic heterocycles. The van der Waals surface area contributed by atoms with Gasteiger partial charge >= 0.3 is 0 Å². The smallest absolute Gasteiger partial charge is 0.254 e. The van der Waals surface area contributed by atoms with Crippen LogP contribution in [0.1, 0.15) is 12.8 Å². The fourth-order valence-electron chi connectivity index (χ4n) is 1.89.